The lowest BCUT2D eigenvalue weighted by atomic mass is 10.3. The third-order valence-electron chi connectivity index (χ3n) is 2.18. The highest BCUT2D eigenvalue weighted by atomic mass is 19.4. The second-order valence-electron chi connectivity index (χ2n) is 4.42. The Morgan fingerprint density at radius 2 is 2.19 bits per heavy atom. The first kappa shape index (κ1) is 16.8. The molecule has 5 nitrogen and oxygen atoms in total. The number of halogens is 3. The van der Waals surface area contributed by atoms with Crippen LogP contribution in [-0.4, -0.2) is 30.3 Å². The minimum atomic E-state index is -4.38. The number of hydrogen-bond donors (Lipinski definition) is 2. The summed E-state index contributed by atoms with van der Waals surface area (Å²) in [5.41, 5.74) is 7.24. The van der Waals surface area contributed by atoms with Crippen molar-refractivity contribution in [3.63, 3.8) is 0 Å². The van der Waals surface area contributed by atoms with Crippen LogP contribution in [0.5, 0.6) is 5.88 Å². The van der Waals surface area contributed by atoms with E-state index in [9.17, 15) is 13.2 Å². The normalized spacial score (nSPS) is 12.1. The molecule has 0 fully saturated rings. The van der Waals surface area contributed by atoms with E-state index in [1.165, 1.54) is 12.3 Å². The number of alkyl halides is 3. The van der Waals surface area contributed by atoms with Crippen molar-refractivity contribution in [2.75, 3.05) is 13.2 Å². The Kier molecular flexibility index (Phi) is 6.01. The minimum absolute atomic E-state index is 0.0894. The van der Waals surface area contributed by atoms with Gasteiger partial charge in [0, 0.05) is 18.8 Å². The summed E-state index contributed by atoms with van der Waals surface area (Å²) in [6, 6.07) is 2.93. The van der Waals surface area contributed by atoms with Gasteiger partial charge in [-0.1, -0.05) is 18.2 Å². The van der Waals surface area contributed by atoms with E-state index in [1.807, 2.05) is 6.92 Å². The van der Waals surface area contributed by atoms with Crippen LogP contribution >= 0.6 is 0 Å². The van der Waals surface area contributed by atoms with Gasteiger partial charge >= 0.3 is 6.18 Å². The van der Waals surface area contributed by atoms with E-state index in [0.29, 0.717) is 12.1 Å². The molecule has 3 N–H and O–H groups in total. The van der Waals surface area contributed by atoms with Gasteiger partial charge in [-0.05, 0) is 12.5 Å². The molecule has 1 rings (SSSR count). The second-order valence-corrected chi connectivity index (χ2v) is 4.42. The van der Waals surface area contributed by atoms with Gasteiger partial charge in [-0.15, -0.1) is 0 Å². The summed E-state index contributed by atoms with van der Waals surface area (Å²) in [6.45, 7) is 4.99. The largest absolute Gasteiger partial charge is 0.468 e. The molecular weight excluding hydrogens is 285 g/mol. The Labute approximate surface area is 120 Å². The van der Waals surface area contributed by atoms with Crippen molar-refractivity contribution in [1.82, 2.24) is 10.3 Å². The summed E-state index contributed by atoms with van der Waals surface area (Å²) >= 11 is 0. The number of nitrogens with one attached hydrogen (secondary N) is 1. The molecule has 0 saturated heterocycles. The van der Waals surface area contributed by atoms with E-state index in [-0.39, 0.29) is 18.4 Å². The maximum atomic E-state index is 12.0. The monoisotopic (exact) mass is 302 g/mol. The molecule has 1 aromatic rings. The number of guanidine groups is 1. The quantitative estimate of drug-likeness (QED) is 0.479. The second kappa shape index (κ2) is 7.51. The van der Waals surface area contributed by atoms with Crippen molar-refractivity contribution in [1.29, 1.82) is 0 Å². The Morgan fingerprint density at radius 1 is 1.48 bits per heavy atom. The van der Waals surface area contributed by atoms with Gasteiger partial charge in [0.05, 0.1) is 6.54 Å². The summed E-state index contributed by atoms with van der Waals surface area (Å²) < 4.78 is 40.4. The first-order chi connectivity index (χ1) is 9.76. The van der Waals surface area contributed by atoms with Crippen molar-refractivity contribution in [3.05, 3.63) is 36.0 Å². The fourth-order valence-electron chi connectivity index (χ4n) is 1.22. The molecule has 0 atom stereocenters. The highest BCUT2D eigenvalue weighted by Crippen LogP contribution is 2.17. The lowest BCUT2D eigenvalue weighted by molar-refractivity contribution is -0.154. The number of ether oxygens (including phenoxy) is 1. The molecule has 0 aromatic carbocycles. The highest BCUT2D eigenvalue weighted by Gasteiger charge is 2.28. The molecule has 0 spiro atoms. The summed E-state index contributed by atoms with van der Waals surface area (Å²) in [7, 11) is 0. The van der Waals surface area contributed by atoms with Crippen LogP contribution in [0.3, 0.4) is 0 Å². The summed E-state index contributed by atoms with van der Waals surface area (Å²) in [4.78, 5) is 7.83. The van der Waals surface area contributed by atoms with Crippen molar-refractivity contribution in [2.45, 2.75) is 19.6 Å². The Morgan fingerprint density at radius 3 is 2.71 bits per heavy atom. The fraction of sp³-hybridized carbons (Fsp3) is 0.385. The van der Waals surface area contributed by atoms with Gasteiger partial charge in [-0.2, -0.15) is 13.2 Å². The molecule has 0 aliphatic carbocycles. The number of pyridine rings is 1. The lowest BCUT2D eigenvalue weighted by Crippen LogP contribution is -2.32. The zero-order valence-corrected chi connectivity index (χ0v) is 11.6. The molecule has 1 aromatic heterocycles. The van der Waals surface area contributed by atoms with Crippen LogP contribution < -0.4 is 15.8 Å². The average molecular weight is 302 g/mol. The van der Waals surface area contributed by atoms with Crippen LogP contribution in [0.1, 0.15) is 12.5 Å². The molecule has 0 aliphatic heterocycles. The van der Waals surface area contributed by atoms with Gasteiger partial charge in [0.1, 0.15) is 0 Å². The van der Waals surface area contributed by atoms with Crippen LogP contribution in [0.15, 0.2) is 35.5 Å². The summed E-state index contributed by atoms with van der Waals surface area (Å²) in [5.74, 6) is 0.170. The molecule has 0 amide bonds. The first-order valence-electron chi connectivity index (χ1n) is 6.09. The number of nitrogens with zero attached hydrogens (tertiary/aromatic N) is 2. The van der Waals surface area contributed by atoms with Crippen molar-refractivity contribution in [3.8, 4) is 5.88 Å². The number of hydrogen-bond acceptors (Lipinski definition) is 3. The lowest BCUT2D eigenvalue weighted by Gasteiger charge is -2.08. The molecule has 0 bridgehead atoms. The van der Waals surface area contributed by atoms with Gasteiger partial charge < -0.3 is 15.8 Å². The van der Waals surface area contributed by atoms with Gasteiger partial charge in [-0.25, -0.2) is 9.98 Å². The average Bonchev–Trinajstić information content (AvgIpc) is 2.41. The SMILES string of the molecule is C=C(C)CNC(N)=NCc1ccc(OCC(F)(F)F)nc1. The predicted molar refractivity (Wildman–Crippen MR) is 73.9 cm³/mol. The number of nitrogens with two attached hydrogens (primary N) is 1. The Balaban J connectivity index is 2.47. The molecule has 0 unspecified atom stereocenters. The molecule has 8 heteroatoms. The minimum Gasteiger partial charge on any atom is -0.468 e. The van der Waals surface area contributed by atoms with Gasteiger partial charge in [0.25, 0.3) is 0 Å². The first-order valence-corrected chi connectivity index (χ1v) is 6.09. The van der Waals surface area contributed by atoms with Gasteiger partial charge in [-0.3, -0.25) is 0 Å². The Bertz CT molecular complexity index is 497. The van der Waals surface area contributed by atoms with Crippen LogP contribution in [0.25, 0.3) is 0 Å². The third kappa shape index (κ3) is 7.81. The van der Waals surface area contributed by atoms with Gasteiger partial charge in [0.2, 0.25) is 5.88 Å². The zero-order valence-electron chi connectivity index (χ0n) is 11.6. The number of rotatable bonds is 6. The molecule has 21 heavy (non-hydrogen) atoms. The van der Waals surface area contributed by atoms with E-state index in [0.717, 1.165) is 5.57 Å². The van der Waals surface area contributed by atoms with E-state index in [1.54, 1.807) is 6.07 Å². The van der Waals surface area contributed by atoms with E-state index in [4.69, 9.17) is 5.73 Å². The van der Waals surface area contributed by atoms with Crippen LogP contribution in [-0.2, 0) is 6.54 Å². The van der Waals surface area contributed by atoms with E-state index < -0.39 is 12.8 Å². The van der Waals surface area contributed by atoms with E-state index >= 15 is 0 Å². The van der Waals surface area contributed by atoms with Crippen molar-refractivity contribution < 1.29 is 17.9 Å². The number of aromatic nitrogens is 1. The van der Waals surface area contributed by atoms with Crippen LogP contribution in [0.2, 0.25) is 0 Å². The molecular formula is C13H17F3N4O. The smallest absolute Gasteiger partial charge is 0.422 e. The fourth-order valence-corrected chi connectivity index (χ4v) is 1.22. The maximum Gasteiger partial charge on any atom is 0.422 e. The van der Waals surface area contributed by atoms with Crippen LogP contribution in [0.4, 0.5) is 13.2 Å². The molecule has 0 saturated carbocycles. The molecule has 0 radical (unpaired) electrons. The third-order valence-corrected chi connectivity index (χ3v) is 2.18. The molecule has 1 heterocycles. The Hall–Kier alpha value is -2.25. The van der Waals surface area contributed by atoms with Crippen molar-refractivity contribution >= 4 is 5.96 Å². The maximum absolute atomic E-state index is 12.0. The number of aliphatic imine (C=N–C) groups is 1. The summed E-state index contributed by atoms with van der Waals surface area (Å²) in [5, 5.41) is 2.86. The molecule has 116 valence electrons. The van der Waals surface area contributed by atoms with Gasteiger partial charge in [0.15, 0.2) is 12.6 Å². The summed E-state index contributed by atoms with van der Waals surface area (Å²) in [6.07, 6.45) is -2.99. The predicted octanol–water partition coefficient (Wildman–Crippen LogP) is 2.00. The zero-order chi connectivity index (χ0) is 15.9. The van der Waals surface area contributed by atoms with Crippen LogP contribution in [0, 0.1) is 0 Å². The topological polar surface area (TPSA) is 72.5 Å². The standard InChI is InChI=1S/C13H17F3N4O/c1-9(2)5-19-12(17)20-7-10-3-4-11(18-6-10)21-8-13(14,15)16/h3-4,6H,1,5,7-8H2,2H3,(H3,17,19,20). The molecule has 0 aliphatic rings. The van der Waals surface area contributed by atoms with Crippen molar-refractivity contribution in [2.24, 2.45) is 10.7 Å². The highest BCUT2D eigenvalue weighted by molar-refractivity contribution is 5.78. The van der Waals surface area contributed by atoms with E-state index in [2.05, 4.69) is 26.6 Å².